The Morgan fingerprint density at radius 2 is 2.08 bits per heavy atom. The molecule has 1 aliphatic rings. The zero-order valence-electron chi connectivity index (χ0n) is 15.0. The van der Waals surface area contributed by atoms with E-state index in [1.807, 2.05) is 0 Å². The highest BCUT2D eigenvalue weighted by Gasteiger charge is 2.22. The second kappa shape index (κ2) is 8.00. The summed E-state index contributed by atoms with van der Waals surface area (Å²) in [5, 5.41) is 10.3. The third kappa shape index (κ3) is 5.20. The maximum atomic E-state index is 6.01. The van der Waals surface area contributed by atoms with Crippen molar-refractivity contribution in [2.45, 2.75) is 39.8 Å². The topological polar surface area (TPSA) is 84.6 Å². The van der Waals surface area contributed by atoms with E-state index in [-0.39, 0.29) is 0 Å². The Kier molecular flexibility index (Phi) is 5.53. The van der Waals surface area contributed by atoms with Crippen LogP contribution in [0, 0.1) is 19.8 Å². The highest BCUT2D eigenvalue weighted by Crippen LogP contribution is 2.30. The van der Waals surface area contributed by atoms with E-state index in [1.54, 1.807) is 14.0 Å². The van der Waals surface area contributed by atoms with Gasteiger partial charge in [0.1, 0.15) is 5.75 Å². The average molecular weight is 343 g/mol. The monoisotopic (exact) mass is 343 g/mol. The molecular formula is C18H25N5O2. The van der Waals surface area contributed by atoms with Gasteiger partial charge >= 0.3 is 0 Å². The van der Waals surface area contributed by atoms with Crippen molar-refractivity contribution in [1.29, 1.82) is 0 Å². The van der Waals surface area contributed by atoms with Crippen molar-refractivity contribution in [2.75, 3.05) is 13.7 Å². The van der Waals surface area contributed by atoms with Crippen molar-refractivity contribution in [3.05, 3.63) is 41.0 Å². The molecule has 2 N–H and O–H groups in total. The van der Waals surface area contributed by atoms with Crippen LogP contribution in [0.15, 0.2) is 27.7 Å². The van der Waals surface area contributed by atoms with E-state index >= 15 is 0 Å². The van der Waals surface area contributed by atoms with Crippen LogP contribution in [0.4, 0.5) is 0 Å². The lowest BCUT2D eigenvalue weighted by molar-refractivity contribution is 0.296. The largest absolute Gasteiger partial charge is 0.493 e. The number of hydrogen-bond donors (Lipinski definition) is 2. The molecule has 25 heavy (non-hydrogen) atoms. The van der Waals surface area contributed by atoms with Crippen LogP contribution < -0.4 is 15.4 Å². The summed E-state index contributed by atoms with van der Waals surface area (Å²) < 4.78 is 11.0. The smallest absolute Gasteiger partial charge is 0.223 e. The van der Waals surface area contributed by atoms with Gasteiger partial charge in [0.25, 0.3) is 0 Å². The summed E-state index contributed by atoms with van der Waals surface area (Å²) in [4.78, 5) is 8.39. The average Bonchev–Trinajstić information content (AvgIpc) is 3.35. The number of guanidine groups is 1. The maximum absolute atomic E-state index is 6.01. The van der Waals surface area contributed by atoms with Crippen molar-refractivity contribution in [3.8, 4) is 5.75 Å². The van der Waals surface area contributed by atoms with Crippen LogP contribution >= 0.6 is 0 Å². The lowest BCUT2D eigenvalue weighted by Gasteiger charge is -2.15. The van der Waals surface area contributed by atoms with Crippen LogP contribution in [0.25, 0.3) is 0 Å². The molecule has 1 aromatic heterocycles. The van der Waals surface area contributed by atoms with Crippen molar-refractivity contribution in [2.24, 2.45) is 10.9 Å². The SMILES string of the molecule is CN=C(NCc1noc(C)n1)NCc1ccc(C)cc1OCC1CC1. The molecule has 134 valence electrons. The van der Waals surface area contributed by atoms with E-state index in [0.29, 0.717) is 30.8 Å². The molecule has 0 unspecified atom stereocenters. The molecule has 1 saturated carbocycles. The Bertz CT molecular complexity index is 737. The van der Waals surface area contributed by atoms with Gasteiger partial charge in [0.05, 0.1) is 13.2 Å². The quantitative estimate of drug-likeness (QED) is 0.593. The fourth-order valence-electron chi connectivity index (χ4n) is 2.41. The fourth-order valence-corrected chi connectivity index (χ4v) is 2.41. The highest BCUT2D eigenvalue weighted by molar-refractivity contribution is 5.79. The van der Waals surface area contributed by atoms with Gasteiger partial charge in [0.15, 0.2) is 11.8 Å². The molecule has 1 heterocycles. The van der Waals surface area contributed by atoms with E-state index in [4.69, 9.17) is 9.26 Å². The molecule has 7 heteroatoms. The zero-order chi connectivity index (χ0) is 17.6. The Morgan fingerprint density at radius 3 is 2.76 bits per heavy atom. The molecule has 0 amide bonds. The number of aryl methyl sites for hydroxylation is 2. The van der Waals surface area contributed by atoms with Crippen molar-refractivity contribution < 1.29 is 9.26 Å². The van der Waals surface area contributed by atoms with Gasteiger partial charge in [-0.25, -0.2) is 0 Å². The third-order valence-electron chi connectivity index (χ3n) is 4.05. The third-order valence-corrected chi connectivity index (χ3v) is 4.05. The molecule has 0 atom stereocenters. The predicted octanol–water partition coefficient (Wildman–Crippen LogP) is 2.34. The lowest BCUT2D eigenvalue weighted by atomic mass is 10.1. The van der Waals surface area contributed by atoms with Gasteiger partial charge in [-0.2, -0.15) is 4.98 Å². The van der Waals surface area contributed by atoms with Gasteiger partial charge in [0, 0.05) is 26.1 Å². The molecule has 1 fully saturated rings. The summed E-state index contributed by atoms with van der Waals surface area (Å²) in [5.41, 5.74) is 2.31. The molecule has 1 aromatic carbocycles. The van der Waals surface area contributed by atoms with E-state index in [1.165, 1.54) is 18.4 Å². The Labute approximate surface area is 147 Å². The van der Waals surface area contributed by atoms with Gasteiger partial charge in [-0.05, 0) is 37.3 Å². The van der Waals surface area contributed by atoms with E-state index in [9.17, 15) is 0 Å². The minimum absolute atomic E-state index is 0.454. The molecular weight excluding hydrogens is 318 g/mol. The first-order valence-electron chi connectivity index (χ1n) is 8.60. The number of nitrogens with zero attached hydrogens (tertiary/aromatic N) is 3. The van der Waals surface area contributed by atoms with E-state index in [2.05, 4.69) is 50.9 Å². The van der Waals surface area contributed by atoms with Crippen molar-refractivity contribution in [3.63, 3.8) is 0 Å². The summed E-state index contributed by atoms with van der Waals surface area (Å²) in [6, 6.07) is 6.29. The van der Waals surface area contributed by atoms with Crippen LogP contribution in [-0.2, 0) is 13.1 Å². The summed E-state index contributed by atoms with van der Waals surface area (Å²) in [5.74, 6) is 3.51. The number of rotatable bonds is 7. The first kappa shape index (κ1) is 17.3. The predicted molar refractivity (Wildman–Crippen MR) is 95.5 cm³/mol. The molecule has 1 aliphatic carbocycles. The van der Waals surface area contributed by atoms with Crippen LogP contribution in [0.5, 0.6) is 5.75 Å². The number of aliphatic imine (C=N–C) groups is 1. The number of nitrogens with one attached hydrogen (secondary N) is 2. The van der Waals surface area contributed by atoms with Crippen LogP contribution in [-0.4, -0.2) is 29.8 Å². The Balaban J connectivity index is 1.55. The Hall–Kier alpha value is -2.57. The van der Waals surface area contributed by atoms with Gasteiger partial charge in [-0.15, -0.1) is 0 Å². The number of benzene rings is 1. The molecule has 2 aromatic rings. The first-order chi connectivity index (χ1) is 12.1. The Morgan fingerprint density at radius 1 is 1.28 bits per heavy atom. The fraction of sp³-hybridized carbons (Fsp3) is 0.500. The van der Waals surface area contributed by atoms with Crippen LogP contribution in [0.2, 0.25) is 0 Å². The zero-order valence-corrected chi connectivity index (χ0v) is 15.0. The minimum atomic E-state index is 0.454. The second-order valence-corrected chi connectivity index (χ2v) is 6.37. The molecule has 0 aliphatic heterocycles. The van der Waals surface area contributed by atoms with Crippen LogP contribution in [0.1, 0.15) is 35.7 Å². The van der Waals surface area contributed by atoms with Crippen molar-refractivity contribution >= 4 is 5.96 Å². The second-order valence-electron chi connectivity index (χ2n) is 6.37. The summed E-state index contributed by atoms with van der Waals surface area (Å²) in [6.45, 7) is 5.74. The lowest BCUT2D eigenvalue weighted by Crippen LogP contribution is -2.36. The standard InChI is InChI=1S/C18H25N5O2/c1-12-4-7-15(16(8-12)24-11-14-5-6-14)9-20-18(19-3)21-10-17-22-13(2)25-23-17/h4,7-8,14H,5-6,9-11H2,1-3H3,(H2,19,20,21). The summed E-state index contributed by atoms with van der Waals surface area (Å²) in [7, 11) is 1.73. The van der Waals surface area contributed by atoms with Gasteiger partial charge < -0.3 is 19.9 Å². The van der Waals surface area contributed by atoms with Gasteiger partial charge in [-0.3, -0.25) is 4.99 Å². The number of aromatic nitrogens is 2. The molecule has 0 spiro atoms. The van der Waals surface area contributed by atoms with E-state index in [0.717, 1.165) is 23.8 Å². The molecule has 0 bridgehead atoms. The van der Waals surface area contributed by atoms with Crippen molar-refractivity contribution in [1.82, 2.24) is 20.8 Å². The molecule has 3 rings (SSSR count). The number of ether oxygens (including phenoxy) is 1. The minimum Gasteiger partial charge on any atom is -0.493 e. The van der Waals surface area contributed by atoms with Crippen LogP contribution in [0.3, 0.4) is 0 Å². The number of hydrogen-bond acceptors (Lipinski definition) is 5. The van der Waals surface area contributed by atoms with Gasteiger partial charge in [0.2, 0.25) is 5.89 Å². The normalized spacial score (nSPS) is 14.4. The molecule has 7 nitrogen and oxygen atoms in total. The summed E-state index contributed by atoms with van der Waals surface area (Å²) >= 11 is 0. The highest BCUT2D eigenvalue weighted by atomic mass is 16.5. The molecule has 0 radical (unpaired) electrons. The maximum Gasteiger partial charge on any atom is 0.223 e. The molecule has 0 saturated heterocycles. The van der Waals surface area contributed by atoms with E-state index < -0.39 is 0 Å². The summed E-state index contributed by atoms with van der Waals surface area (Å²) in [6.07, 6.45) is 2.57. The first-order valence-corrected chi connectivity index (χ1v) is 8.60. The van der Waals surface area contributed by atoms with Gasteiger partial charge in [-0.1, -0.05) is 17.3 Å².